The minimum atomic E-state index is -1.06. The minimum absolute atomic E-state index is 0.173. The van der Waals surface area contributed by atoms with Crippen molar-refractivity contribution < 1.29 is 33.3 Å². The Morgan fingerprint density at radius 1 is 0.973 bits per heavy atom. The number of Topliss-reactive ketones (excluding diaryl/α,β-unsaturated/α-hetero) is 1. The first kappa shape index (κ1) is 26.0. The highest BCUT2D eigenvalue weighted by atomic mass is 35.5. The summed E-state index contributed by atoms with van der Waals surface area (Å²) in [5.41, 5.74) is 0.757. The second-order valence-corrected chi connectivity index (χ2v) is 8.47. The van der Waals surface area contributed by atoms with Gasteiger partial charge in [-0.15, -0.1) is 0 Å². The third-order valence-corrected chi connectivity index (χ3v) is 6.16. The van der Waals surface area contributed by atoms with E-state index in [0.717, 1.165) is 0 Å². The molecular formula is C28H25ClFNO6. The molecule has 3 aromatic carbocycles. The van der Waals surface area contributed by atoms with Crippen molar-refractivity contribution in [3.8, 4) is 17.2 Å². The predicted octanol–water partition coefficient (Wildman–Crippen LogP) is 5.91. The summed E-state index contributed by atoms with van der Waals surface area (Å²) in [4.78, 5) is 28.0. The Morgan fingerprint density at radius 2 is 1.68 bits per heavy atom. The van der Waals surface area contributed by atoms with E-state index in [1.54, 1.807) is 37.3 Å². The molecule has 192 valence electrons. The molecule has 0 saturated carbocycles. The summed E-state index contributed by atoms with van der Waals surface area (Å²) in [7, 11) is 1.46. The van der Waals surface area contributed by atoms with E-state index < -0.39 is 29.3 Å². The maximum atomic E-state index is 13.8. The monoisotopic (exact) mass is 525 g/mol. The fourth-order valence-electron chi connectivity index (χ4n) is 4.24. The van der Waals surface area contributed by atoms with Crippen molar-refractivity contribution in [3.63, 3.8) is 0 Å². The van der Waals surface area contributed by atoms with Crippen LogP contribution in [0.2, 0.25) is 5.02 Å². The van der Waals surface area contributed by atoms with Crippen molar-refractivity contribution >= 4 is 34.7 Å². The van der Waals surface area contributed by atoms with Gasteiger partial charge >= 0.3 is 0 Å². The molecule has 4 rings (SSSR count). The van der Waals surface area contributed by atoms with Crippen molar-refractivity contribution in [2.24, 2.45) is 0 Å². The molecule has 1 amide bonds. The molecule has 7 nitrogen and oxygen atoms in total. The SMILES string of the molecule is CCOc1ccc(/C(O)=C2/C(=O)C(=O)N(c3ccc(OC)c(Cl)c3)C2c2ccc(F)cc2)c(OCC)c1. The van der Waals surface area contributed by atoms with Crippen LogP contribution in [0, 0.1) is 5.82 Å². The van der Waals surface area contributed by atoms with Gasteiger partial charge in [-0.3, -0.25) is 14.5 Å². The number of aliphatic hydroxyl groups excluding tert-OH is 1. The number of hydrogen-bond acceptors (Lipinski definition) is 6. The molecule has 1 atom stereocenters. The second-order valence-electron chi connectivity index (χ2n) is 8.06. The number of aliphatic hydroxyl groups is 1. The molecule has 0 bridgehead atoms. The van der Waals surface area contributed by atoms with E-state index >= 15 is 0 Å². The Kier molecular flexibility index (Phi) is 7.69. The van der Waals surface area contributed by atoms with Crippen molar-refractivity contribution in [2.45, 2.75) is 19.9 Å². The van der Waals surface area contributed by atoms with E-state index in [0.29, 0.717) is 29.4 Å². The topological polar surface area (TPSA) is 85.3 Å². The highest BCUT2D eigenvalue weighted by molar-refractivity contribution is 6.52. The molecular weight excluding hydrogens is 501 g/mol. The zero-order chi connectivity index (χ0) is 26.7. The zero-order valence-corrected chi connectivity index (χ0v) is 21.2. The molecule has 0 spiro atoms. The molecule has 37 heavy (non-hydrogen) atoms. The highest BCUT2D eigenvalue weighted by Gasteiger charge is 2.47. The quantitative estimate of drug-likeness (QED) is 0.223. The summed E-state index contributed by atoms with van der Waals surface area (Å²) in [6.45, 7) is 4.33. The molecule has 1 heterocycles. The molecule has 1 aliphatic rings. The number of amides is 1. The number of ketones is 1. The lowest BCUT2D eigenvalue weighted by atomic mass is 9.94. The fourth-order valence-corrected chi connectivity index (χ4v) is 4.49. The molecule has 1 saturated heterocycles. The predicted molar refractivity (Wildman–Crippen MR) is 138 cm³/mol. The molecule has 0 radical (unpaired) electrons. The third kappa shape index (κ3) is 4.97. The van der Waals surface area contributed by atoms with Crippen LogP contribution in [0.15, 0.2) is 66.2 Å². The summed E-state index contributed by atoms with van der Waals surface area (Å²) < 4.78 is 30.2. The largest absolute Gasteiger partial charge is 0.507 e. The first-order chi connectivity index (χ1) is 17.8. The van der Waals surface area contributed by atoms with E-state index in [1.165, 1.54) is 42.3 Å². The van der Waals surface area contributed by atoms with E-state index in [2.05, 4.69) is 0 Å². The normalized spacial score (nSPS) is 16.7. The van der Waals surface area contributed by atoms with E-state index in [9.17, 15) is 19.1 Å². The van der Waals surface area contributed by atoms with E-state index in [4.69, 9.17) is 25.8 Å². The van der Waals surface area contributed by atoms with Gasteiger partial charge in [0.05, 0.1) is 42.5 Å². The number of carbonyl (C=O) groups is 2. The van der Waals surface area contributed by atoms with Crippen LogP contribution >= 0.6 is 11.6 Å². The Morgan fingerprint density at radius 3 is 2.30 bits per heavy atom. The van der Waals surface area contributed by atoms with Gasteiger partial charge in [0.2, 0.25) is 0 Å². The Hall–Kier alpha value is -4.04. The number of hydrogen-bond donors (Lipinski definition) is 1. The fraction of sp³-hybridized carbons (Fsp3) is 0.214. The van der Waals surface area contributed by atoms with Gasteiger partial charge in [0.15, 0.2) is 0 Å². The number of halogens is 2. The van der Waals surface area contributed by atoms with Crippen molar-refractivity contribution in [1.82, 2.24) is 0 Å². The molecule has 9 heteroatoms. The van der Waals surface area contributed by atoms with Gasteiger partial charge in [-0.05, 0) is 61.9 Å². The summed E-state index contributed by atoms with van der Waals surface area (Å²) in [6, 6.07) is 13.7. The lowest BCUT2D eigenvalue weighted by Crippen LogP contribution is -2.29. The maximum Gasteiger partial charge on any atom is 0.300 e. The summed E-state index contributed by atoms with van der Waals surface area (Å²) in [5.74, 6) is -1.51. The van der Waals surface area contributed by atoms with Crippen LogP contribution in [0.25, 0.3) is 5.76 Å². The highest BCUT2D eigenvalue weighted by Crippen LogP contribution is 2.44. The van der Waals surface area contributed by atoms with Crippen molar-refractivity contribution in [2.75, 3.05) is 25.2 Å². The smallest absolute Gasteiger partial charge is 0.300 e. The molecule has 0 aliphatic carbocycles. The number of methoxy groups -OCH3 is 1. The number of carbonyl (C=O) groups excluding carboxylic acids is 2. The molecule has 3 aromatic rings. The summed E-state index contributed by atoms with van der Waals surface area (Å²) in [5, 5.41) is 11.7. The van der Waals surface area contributed by atoms with Gasteiger partial charge in [-0.25, -0.2) is 4.39 Å². The Labute approximate surface area is 218 Å². The molecule has 1 unspecified atom stereocenters. The van der Waals surface area contributed by atoms with Gasteiger partial charge in [0.25, 0.3) is 11.7 Å². The van der Waals surface area contributed by atoms with Crippen LogP contribution in [-0.4, -0.2) is 37.1 Å². The molecule has 1 N–H and O–H groups in total. The van der Waals surface area contributed by atoms with Crippen LogP contribution in [-0.2, 0) is 9.59 Å². The number of ether oxygens (including phenoxy) is 3. The van der Waals surface area contributed by atoms with Crippen molar-refractivity contribution in [1.29, 1.82) is 0 Å². The average molecular weight is 526 g/mol. The van der Waals surface area contributed by atoms with Gasteiger partial charge in [-0.2, -0.15) is 0 Å². The lowest BCUT2D eigenvalue weighted by molar-refractivity contribution is -0.132. The summed E-state index contributed by atoms with van der Waals surface area (Å²) >= 11 is 6.31. The van der Waals surface area contributed by atoms with E-state index in [1.807, 2.05) is 6.92 Å². The van der Waals surface area contributed by atoms with Crippen LogP contribution in [0.4, 0.5) is 10.1 Å². The second kappa shape index (κ2) is 10.9. The number of anilines is 1. The Bertz CT molecular complexity index is 1370. The van der Waals surface area contributed by atoms with Crippen LogP contribution in [0.3, 0.4) is 0 Å². The number of rotatable bonds is 8. The van der Waals surface area contributed by atoms with Gasteiger partial charge in [-0.1, -0.05) is 23.7 Å². The summed E-state index contributed by atoms with van der Waals surface area (Å²) in [6.07, 6.45) is 0. The molecule has 0 aromatic heterocycles. The van der Waals surface area contributed by atoms with Crippen LogP contribution in [0.1, 0.15) is 31.0 Å². The van der Waals surface area contributed by atoms with Crippen LogP contribution in [0.5, 0.6) is 17.2 Å². The molecule has 1 fully saturated rings. The van der Waals surface area contributed by atoms with Gasteiger partial charge in [0.1, 0.15) is 28.8 Å². The Balaban J connectivity index is 1.94. The molecule has 1 aliphatic heterocycles. The average Bonchev–Trinajstić information content (AvgIpc) is 3.15. The van der Waals surface area contributed by atoms with Crippen LogP contribution < -0.4 is 19.1 Å². The standard InChI is InChI=1S/C28H25ClFNO6/c1-4-36-19-11-12-20(23(15-19)37-5-2)26(32)24-25(16-6-8-17(30)9-7-16)31(28(34)27(24)33)18-10-13-22(35-3)21(29)14-18/h6-15,25,32H,4-5H2,1-3H3/b26-24-. The first-order valence-electron chi connectivity index (χ1n) is 11.6. The first-order valence-corrected chi connectivity index (χ1v) is 12.0. The number of benzene rings is 3. The van der Waals surface area contributed by atoms with Gasteiger partial charge in [0, 0.05) is 11.8 Å². The van der Waals surface area contributed by atoms with Gasteiger partial charge < -0.3 is 19.3 Å². The number of nitrogens with zero attached hydrogens (tertiary/aromatic N) is 1. The zero-order valence-electron chi connectivity index (χ0n) is 20.5. The van der Waals surface area contributed by atoms with E-state index in [-0.39, 0.29) is 28.5 Å². The maximum absolute atomic E-state index is 13.8. The van der Waals surface area contributed by atoms with Crippen molar-refractivity contribution in [3.05, 3.63) is 88.2 Å². The minimum Gasteiger partial charge on any atom is -0.507 e. The third-order valence-electron chi connectivity index (χ3n) is 5.86. The lowest BCUT2D eigenvalue weighted by Gasteiger charge is -2.26.